The van der Waals surface area contributed by atoms with Crippen LogP contribution in [-0.2, 0) is 24.7 Å². The number of hydrogen-bond acceptors (Lipinski definition) is 5. The molecule has 1 aromatic heterocycles. The van der Waals surface area contributed by atoms with Gasteiger partial charge in [0.1, 0.15) is 18.5 Å². The Labute approximate surface area is 321 Å². The third-order valence-corrected chi connectivity index (χ3v) is 15.8. The standard InChI is InChI=1S/C45H49FNO5PSi/c1-7-39-42(33-25-27-35(46)28-26-33)40(43(32(2)3)47-44(39)34-18-11-8-12-19-34)24-17-29-51-53(50)31-36(30-41(48)49)52-54(45(4,5)6,37-20-13-9-14-21-37)38-22-15-10-16-23-38/h8-28,32,36H,7,29-31H2,1-6H3/p+1. The number of pyridine rings is 1. The summed E-state index contributed by atoms with van der Waals surface area (Å²) in [6, 6.07) is 36.5. The highest BCUT2D eigenvalue weighted by molar-refractivity contribution is 7.39. The second kappa shape index (κ2) is 18.2. The van der Waals surface area contributed by atoms with E-state index in [4.69, 9.17) is 13.9 Å². The lowest BCUT2D eigenvalue weighted by Gasteiger charge is -2.44. The second-order valence-corrected chi connectivity index (χ2v) is 20.3. The first-order valence-corrected chi connectivity index (χ1v) is 21.8. The highest BCUT2D eigenvalue weighted by Gasteiger charge is 2.52. The van der Waals surface area contributed by atoms with E-state index >= 15 is 0 Å². The first-order valence-electron chi connectivity index (χ1n) is 18.5. The molecule has 0 bridgehead atoms. The van der Waals surface area contributed by atoms with Crippen LogP contribution in [0.25, 0.3) is 28.5 Å². The second-order valence-electron chi connectivity index (χ2n) is 14.7. The molecule has 5 aromatic rings. The van der Waals surface area contributed by atoms with Crippen molar-refractivity contribution in [2.24, 2.45) is 0 Å². The molecule has 5 rings (SSSR count). The minimum Gasteiger partial charge on any atom is -0.481 e. The number of carboxylic acid groups (broad SMARTS) is 1. The largest absolute Gasteiger partial charge is 0.511 e. The van der Waals surface area contributed by atoms with Gasteiger partial charge in [-0.15, -0.1) is 4.52 Å². The van der Waals surface area contributed by atoms with Crippen molar-refractivity contribution < 1.29 is 27.8 Å². The number of aromatic nitrogens is 1. The zero-order valence-corrected chi connectivity index (χ0v) is 33.9. The Balaban J connectivity index is 1.46. The van der Waals surface area contributed by atoms with E-state index in [1.807, 2.05) is 91.0 Å². The summed E-state index contributed by atoms with van der Waals surface area (Å²) in [6.45, 7) is 12.7. The molecular weight excluding hydrogens is 713 g/mol. The average molecular weight is 763 g/mol. The maximum Gasteiger partial charge on any atom is 0.511 e. The van der Waals surface area contributed by atoms with E-state index in [1.165, 1.54) is 12.1 Å². The summed E-state index contributed by atoms with van der Waals surface area (Å²) in [5.41, 5.74) is 6.56. The molecule has 9 heteroatoms. The first kappa shape index (κ1) is 40.6. The number of hydrogen-bond donors (Lipinski definition) is 1. The molecule has 2 unspecified atom stereocenters. The number of carboxylic acids is 1. The van der Waals surface area contributed by atoms with Gasteiger partial charge < -0.3 is 9.53 Å². The van der Waals surface area contributed by atoms with Crippen LogP contribution in [0.15, 0.2) is 121 Å². The van der Waals surface area contributed by atoms with Crippen LogP contribution in [0.1, 0.15) is 70.7 Å². The van der Waals surface area contributed by atoms with Crippen molar-refractivity contribution in [2.45, 2.75) is 71.4 Å². The van der Waals surface area contributed by atoms with E-state index in [1.54, 1.807) is 12.1 Å². The van der Waals surface area contributed by atoms with E-state index in [0.29, 0.717) is 6.42 Å². The van der Waals surface area contributed by atoms with Gasteiger partial charge in [-0.25, -0.2) is 4.39 Å². The Hall–Kier alpha value is -4.59. The number of halogens is 1. The van der Waals surface area contributed by atoms with Crippen molar-refractivity contribution in [3.63, 3.8) is 0 Å². The summed E-state index contributed by atoms with van der Waals surface area (Å²) in [7, 11) is -5.42. The predicted octanol–water partition coefficient (Wildman–Crippen LogP) is 10.4. The van der Waals surface area contributed by atoms with E-state index in [0.717, 1.165) is 49.6 Å². The molecule has 2 atom stereocenters. The van der Waals surface area contributed by atoms with Crippen molar-refractivity contribution in [3.05, 3.63) is 144 Å². The quantitative estimate of drug-likeness (QED) is 0.0796. The lowest BCUT2D eigenvalue weighted by atomic mass is 9.86. The van der Waals surface area contributed by atoms with Crippen LogP contribution in [0.5, 0.6) is 0 Å². The van der Waals surface area contributed by atoms with Gasteiger partial charge in [-0.2, -0.15) is 0 Å². The first-order chi connectivity index (χ1) is 25.9. The van der Waals surface area contributed by atoms with Gasteiger partial charge in [0.2, 0.25) is 6.16 Å². The Morgan fingerprint density at radius 3 is 1.93 bits per heavy atom. The summed E-state index contributed by atoms with van der Waals surface area (Å²) in [5.74, 6) is -1.29. The molecule has 0 radical (unpaired) electrons. The van der Waals surface area contributed by atoms with Gasteiger partial charge in [0.25, 0.3) is 8.32 Å². The van der Waals surface area contributed by atoms with Gasteiger partial charge in [0, 0.05) is 11.1 Å². The minimum atomic E-state index is -3.12. The molecule has 4 aromatic carbocycles. The van der Waals surface area contributed by atoms with Crippen LogP contribution in [0.3, 0.4) is 0 Å². The van der Waals surface area contributed by atoms with Crippen LogP contribution in [0, 0.1) is 5.82 Å². The maximum absolute atomic E-state index is 14.1. The third kappa shape index (κ3) is 9.37. The molecule has 6 nitrogen and oxygen atoms in total. The molecule has 0 amide bonds. The van der Waals surface area contributed by atoms with Crippen molar-refractivity contribution >= 4 is 38.8 Å². The Kier molecular flexibility index (Phi) is 13.6. The maximum atomic E-state index is 14.1. The minimum absolute atomic E-state index is 0.0243. The molecule has 280 valence electrons. The van der Waals surface area contributed by atoms with Gasteiger partial charge >= 0.3 is 14.0 Å². The fraction of sp³-hybridized carbons (Fsp3) is 0.289. The van der Waals surface area contributed by atoms with E-state index < -0.39 is 28.4 Å². The van der Waals surface area contributed by atoms with Crippen molar-refractivity contribution in [2.75, 3.05) is 12.8 Å². The fourth-order valence-electron chi connectivity index (χ4n) is 7.18. The fourth-order valence-corrected chi connectivity index (χ4v) is 12.9. The summed E-state index contributed by atoms with van der Waals surface area (Å²) >= 11 is 0. The Morgan fingerprint density at radius 1 is 0.870 bits per heavy atom. The predicted molar refractivity (Wildman–Crippen MR) is 221 cm³/mol. The Morgan fingerprint density at radius 2 is 1.43 bits per heavy atom. The van der Waals surface area contributed by atoms with Crippen LogP contribution in [0.2, 0.25) is 5.04 Å². The molecule has 54 heavy (non-hydrogen) atoms. The lowest BCUT2D eigenvalue weighted by Crippen LogP contribution is -2.68. The van der Waals surface area contributed by atoms with Gasteiger partial charge in [-0.1, -0.05) is 157 Å². The van der Waals surface area contributed by atoms with Crippen molar-refractivity contribution in [1.82, 2.24) is 4.98 Å². The molecule has 0 aliphatic heterocycles. The molecule has 0 fully saturated rings. The van der Waals surface area contributed by atoms with Crippen molar-refractivity contribution in [3.8, 4) is 22.4 Å². The van der Waals surface area contributed by atoms with Gasteiger partial charge in [-0.05, 0) is 61.1 Å². The number of rotatable bonds is 16. The number of carbonyl (C=O) groups is 1. The van der Waals surface area contributed by atoms with Crippen LogP contribution < -0.4 is 10.4 Å². The zero-order chi connectivity index (χ0) is 38.9. The summed E-state index contributed by atoms with van der Waals surface area (Å²) in [5, 5.41) is 11.6. The summed E-state index contributed by atoms with van der Waals surface area (Å²) in [6.07, 6.45) is 3.21. The lowest BCUT2D eigenvalue weighted by molar-refractivity contribution is -0.138. The van der Waals surface area contributed by atoms with E-state index in [9.17, 15) is 18.9 Å². The molecule has 0 aliphatic carbocycles. The van der Waals surface area contributed by atoms with Gasteiger partial charge in [0.05, 0.1) is 17.8 Å². The highest BCUT2D eigenvalue weighted by atomic mass is 31.1. The van der Waals surface area contributed by atoms with Gasteiger partial charge in [-0.3, -0.25) is 9.78 Å². The number of benzene rings is 4. The Bertz CT molecular complexity index is 2010. The zero-order valence-electron chi connectivity index (χ0n) is 32.0. The van der Waals surface area contributed by atoms with Gasteiger partial charge in [0.15, 0.2) is 0 Å². The summed E-state index contributed by atoms with van der Waals surface area (Å²) < 4.78 is 40.7. The average Bonchev–Trinajstić information content (AvgIpc) is 3.15. The SMILES string of the molecule is CCc1c(-c2ccccc2)nc(C(C)C)c(C=CCO[P+](=O)CC(CC(=O)O)O[Si](c2ccccc2)(c2ccccc2)C(C)(C)C)c1-c1ccc(F)cc1. The van der Waals surface area contributed by atoms with Crippen LogP contribution >= 0.6 is 8.03 Å². The molecule has 1 N–H and O–H groups in total. The molecular formula is C45H50FNO5PSi+. The highest BCUT2D eigenvalue weighted by Crippen LogP contribution is 2.41. The summed E-state index contributed by atoms with van der Waals surface area (Å²) in [4.78, 5) is 17.4. The smallest absolute Gasteiger partial charge is 0.481 e. The monoisotopic (exact) mass is 762 g/mol. The van der Waals surface area contributed by atoms with E-state index in [2.05, 4.69) is 53.7 Å². The third-order valence-electron chi connectivity index (χ3n) is 9.56. The van der Waals surface area contributed by atoms with Crippen LogP contribution in [0.4, 0.5) is 4.39 Å². The molecule has 0 saturated carbocycles. The molecule has 0 aliphatic rings. The van der Waals surface area contributed by atoms with Crippen LogP contribution in [-0.4, -0.2) is 43.2 Å². The molecule has 0 spiro atoms. The van der Waals surface area contributed by atoms with E-state index in [-0.39, 0.29) is 36.0 Å². The normalized spacial score (nSPS) is 13.0. The van der Waals surface area contributed by atoms with Crippen molar-refractivity contribution in [1.29, 1.82) is 0 Å². The number of aliphatic carboxylic acids is 1. The molecule has 0 saturated heterocycles. The number of nitrogens with zero attached hydrogens (tertiary/aromatic N) is 1. The topological polar surface area (TPSA) is 85.7 Å². The molecule has 1 heterocycles.